The Kier molecular flexibility index (Phi) is 4.77. The lowest BCUT2D eigenvalue weighted by atomic mass is 10.1. The van der Waals surface area contributed by atoms with Gasteiger partial charge in [-0.25, -0.2) is 0 Å². The van der Waals surface area contributed by atoms with Crippen LogP contribution < -0.4 is 0 Å². The molecule has 1 atom stereocenters. The molecule has 0 aromatic heterocycles. The first kappa shape index (κ1) is 13.5. The molecule has 1 aromatic carbocycles. The third-order valence-electron chi connectivity index (χ3n) is 2.06. The van der Waals surface area contributed by atoms with Gasteiger partial charge < -0.3 is 0 Å². The first-order valence-electron chi connectivity index (χ1n) is 5.06. The maximum Gasteiger partial charge on any atom is 0.264 e. The molecule has 0 aliphatic rings. The van der Waals surface area contributed by atoms with Gasteiger partial charge in [0.25, 0.3) is 10.1 Å². The summed E-state index contributed by atoms with van der Waals surface area (Å²) in [6.07, 6.45) is 2.10. The predicted octanol–water partition coefficient (Wildman–Crippen LogP) is 3.16. The number of halogens is 1. The first-order valence-corrected chi connectivity index (χ1v) is 7.25. The van der Waals surface area contributed by atoms with Gasteiger partial charge in [0.15, 0.2) is 0 Å². The number of hydrogen-bond acceptors (Lipinski definition) is 3. The summed E-state index contributed by atoms with van der Waals surface area (Å²) in [5, 5.41) is 0.579. The van der Waals surface area contributed by atoms with Crippen molar-refractivity contribution in [3.05, 3.63) is 34.9 Å². The molecule has 1 unspecified atom stereocenters. The van der Waals surface area contributed by atoms with Gasteiger partial charge in [0.1, 0.15) is 6.10 Å². The molecule has 90 valence electrons. The maximum atomic E-state index is 11.1. The Labute approximate surface area is 102 Å². The minimum atomic E-state index is -3.45. The van der Waals surface area contributed by atoms with Crippen LogP contribution in [0.25, 0.3) is 0 Å². The summed E-state index contributed by atoms with van der Waals surface area (Å²) in [5.74, 6) is 0. The Bertz CT molecular complexity index is 442. The zero-order valence-electron chi connectivity index (χ0n) is 9.31. The Hall–Kier alpha value is -0.580. The lowest BCUT2D eigenvalue weighted by Gasteiger charge is -2.15. The van der Waals surface area contributed by atoms with E-state index in [1.54, 1.807) is 18.2 Å². The molecule has 0 saturated heterocycles. The van der Waals surface area contributed by atoms with Gasteiger partial charge in [-0.3, -0.25) is 4.18 Å². The van der Waals surface area contributed by atoms with Crippen LogP contribution in [0.2, 0.25) is 5.02 Å². The fourth-order valence-electron chi connectivity index (χ4n) is 1.45. The van der Waals surface area contributed by atoms with Gasteiger partial charge in [0, 0.05) is 5.02 Å². The molecule has 0 bridgehead atoms. The lowest BCUT2D eigenvalue weighted by Crippen LogP contribution is -2.10. The molecular formula is C11H15ClO3S. The summed E-state index contributed by atoms with van der Waals surface area (Å²) in [4.78, 5) is 0. The molecule has 0 N–H and O–H groups in total. The van der Waals surface area contributed by atoms with E-state index in [0.29, 0.717) is 11.4 Å². The Morgan fingerprint density at radius 3 is 2.62 bits per heavy atom. The van der Waals surface area contributed by atoms with Crippen LogP contribution in [0.1, 0.15) is 31.4 Å². The summed E-state index contributed by atoms with van der Waals surface area (Å²) in [6.45, 7) is 1.98. The zero-order valence-corrected chi connectivity index (χ0v) is 10.9. The largest absolute Gasteiger partial charge is 0.264 e. The molecular weight excluding hydrogens is 248 g/mol. The summed E-state index contributed by atoms with van der Waals surface area (Å²) in [7, 11) is -3.45. The molecule has 0 spiro atoms. The normalized spacial score (nSPS) is 13.7. The van der Waals surface area contributed by atoms with E-state index in [1.165, 1.54) is 0 Å². The highest BCUT2D eigenvalue weighted by Crippen LogP contribution is 2.26. The van der Waals surface area contributed by atoms with Crippen molar-refractivity contribution in [1.82, 2.24) is 0 Å². The molecule has 0 heterocycles. The van der Waals surface area contributed by atoms with Crippen molar-refractivity contribution in [2.45, 2.75) is 25.9 Å². The summed E-state index contributed by atoms with van der Waals surface area (Å²) in [5.41, 5.74) is 0.791. The predicted molar refractivity (Wildman–Crippen MR) is 65.0 cm³/mol. The van der Waals surface area contributed by atoms with Gasteiger partial charge in [-0.1, -0.05) is 37.1 Å². The van der Waals surface area contributed by atoms with Gasteiger partial charge >= 0.3 is 0 Å². The van der Waals surface area contributed by atoms with Gasteiger partial charge in [-0.15, -0.1) is 0 Å². The van der Waals surface area contributed by atoms with Crippen LogP contribution in [0.4, 0.5) is 0 Å². The Morgan fingerprint density at radius 1 is 1.44 bits per heavy atom. The van der Waals surface area contributed by atoms with E-state index in [-0.39, 0.29) is 0 Å². The third kappa shape index (κ3) is 4.51. The van der Waals surface area contributed by atoms with Crippen LogP contribution in [-0.4, -0.2) is 14.7 Å². The second-order valence-corrected chi connectivity index (χ2v) is 5.67. The molecule has 0 aliphatic heterocycles. The molecule has 5 heteroatoms. The van der Waals surface area contributed by atoms with E-state index in [4.69, 9.17) is 15.8 Å². The Balaban J connectivity index is 2.93. The minimum Gasteiger partial charge on any atom is -0.262 e. The fourth-order valence-corrected chi connectivity index (χ4v) is 2.28. The molecule has 0 fully saturated rings. The van der Waals surface area contributed by atoms with Crippen molar-refractivity contribution in [2.75, 3.05) is 6.26 Å². The topological polar surface area (TPSA) is 43.4 Å². The molecule has 0 aliphatic carbocycles. The zero-order chi connectivity index (χ0) is 12.2. The van der Waals surface area contributed by atoms with E-state index in [9.17, 15) is 8.42 Å². The van der Waals surface area contributed by atoms with Crippen LogP contribution in [0.5, 0.6) is 0 Å². The average molecular weight is 263 g/mol. The summed E-state index contributed by atoms with van der Waals surface area (Å²) < 4.78 is 27.3. The summed E-state index contributed by atoms with van der Waals surface area (Å²) in [6, 6.07) is 7.07. The minimum absolute atomic E-state index is 0.446. The number of rotatable bonds is 5. The number of benzene rings is 1. The quantitative estimate of drug-likeness (QED) is 0.766. The van der Waals surface area contributed by atoms with Gasteiger partial charge in [0.2, 0.25) is 0 Å². The smallest absolute Gasteiger partial charge is 0.262 e. The van der Waals surface area contributed by atoms with E-state index in [2.05, 4.69) is 0 Å². The van der Waals surface area contributed by atoms with Crippen molar-refractivity contribution < 1.29 is 12.6 Å². The monoisotopic (exact) mass is 262 g/mol. The van der Waals surface area contributed by atoms with Crippen LogP contribution >= 0.6 is 11.6 Å². The van der Waals surface area contributed by atoms with Crippen molar-refractivity contribution in [1.29, 1.82) is 0 Å². The van der Waals surface area contributed by atoms with Gasteiger partial charge in [-0.2, -0.15) is 8.42 Å². The molecule has 0 radical (unpaired) electrons. The van der Waals surface area contributed by atoms with E-state index in [1.807, 2.05) is 13.0 Å². The fraction of sp³-hybridized carbons (Fsp3) is 0.455. The van der Waals surface area contributed by atoms with Crippen molar-refractivity contribution in [3.63, 3.8) is 0 Å². The Morgan fingerprint density at radius 2 is 2.12 bits per heavy atom. The van der Waals surface area contributed by atoms with Crippen LogP contribution in [0, 0.1) is 0 Å². The highest BCUT2D eigenvalue weighted by molar-refractivity contribution is 7.86. The molecule has 3 nitrogen and oxygen atoms in total. The van der Waals surface area contributed by atoms with Crippen LogP contribution in [0.3, 0.4) is 0 Å². The molecule has 1 rings (SSSR count). The van der Waals surface area contributed by atoms with Crippen LogP contribution in [-0.2, 0) is 14.3 Å². The standard InChI is InChI=1S/C11H15ClO3S/c1-3-5-11(15-16(2,13)14)9-6-4-7-10(12)8-9/h4,6-8,11H,3,5H2,1-2H3. The highest BCUT2D eigenvalue weighted by atomic mass is 35.5. The van der Waals surface area contributed by atoms with E-state index in [0.717, 1.165) is 18.2 Å². The summed E-state index contributed by atoms with van der Waals surface area (Å²) >= 11 is 5.86. The third-order valence-corrected chi connectivity index (χ3v) is 2.88. The second kappa shape index (κ2) is 5.66. The molecule has 1 aromatic rings. The molecule has 16 heavy (non-hydrogen) atoms. The maximum absolute atomic E-state index is 11.1. The molecule has 0 saturated carbocycles. The van der Waals surface area contributed by atoms with E-state index < -0.39 is 16.2 Å². The van der Waals surface area contributed by atoms with Crippen molar-refractivity contribution in [2.24, 2.45) is 0 Å². The highest BCUT2D eigenvalue weighted by Gasteiger charge is 2.16. The number of hydrogen-bond donors (Lipinski definition) is 0. The van der Waals surface area contributed by atoms with Crippen molar-refractivity contribution >= 4 is 21.7 Å². The SMILES string of the molecule is CCCC(OS(C)(=O)=O)c1cccc(Cl)c1. The van der Waals surface area contributed by atoms with Gasteiger partial charge in [-0.05, 0) is 24.1 Å². The second-order valence-electron chi connectivity index (χ2n) is 3.63. The average Bonchev–Trinajstić information content (AvgIpc) is 2.15. The van der Waals surface area contributed by atoms with Crippen LogP contribution in [0.15, 0.2) is 24.3 Å². The van der Waals surface area contributed by atoms with Gasteiger partial charge in [0.05, 0.1) is 6.26 Å². The van der Waals surface area contributed by atoms with Crippen molar-refractivity contribution in [3.8, 4) is 0 Å². The lowest BCUT2D eigenvalue weighted by molar-refractivity contribution is 0.204. The first-order chi connectivity index (χ1) is 7.42. The van der Waals surface area contributed by atoms with E-state index >= 15 is 0 Å². The molecule has 0 amide bonds.